The normalized spacial score (nSPS) is 15.7. The standard InChI is InChI=1S/C25H26FN5O/c1-17-6-9-21(20-14-27-31(15-20)16-25(26)10-4-3-5-11-25)24(28-17)19-8-7-18-13-23(32-2)30-29-22(18)12-19/h6-9,12-15H,3-5,10-11,16H2,1-2H3. The SMILES string of the molecule is COc1cc2ccc(-c3nc(C)ccc3-c3cnn(CC4(F)CCCCC4)c3)cc2nn1. The lowest BCUT2D eigenvalue weighted by Gasteiger charge is -2.29. The molecule has 3 aromatic heterocycles. The number of ether oxygens (including phenoxy) is 1. The van der Waals surface area contributed by atoms with Crippen molar-refractivity contribution in [2.24, 2.45) is 0 Å². The molecule has 0 N–H and O–H groups in total. The van der Waals surface area contributed by atoms with Crippen LogP contribution in [0.15, 0.2) is 48.8 Å². The molecule has 7 heteroatoms. The van der Waals surface area contributed by atoms with Crippen molar-refractivity contribution < 1.29 is 9.13 Å². The number of hydrogen-bond acceptors (Lipinski definition) is 5. The first-order valence-corrected chi connectivity index (χ1v) is 11.0. The summed E-state index contributed by atoms with van der Waals surface area (Å²) < 4.78 is 22.1. The summed E-state index contributed by atoms with van der Waals surface area (Å²) in [4.78, 5) is 4.81. The molecule has 4 aromatic rings. The van der Waals surface area contributed by atoms with Gasteiger partial charge in [-0.3, -0.25) is 9.67 Å². The van der Waals surface area contributed by atoms with E-state index in [4.69, 9.17) is 9.72 Å². The Morgan fingerprint density at radius 2 is 1.88 bits per heavy atom. The molecule has 3 heterocycles. The molecule has 32 heavy (non-hydrogen) atoms. The molecule has 6 nitrogen and oxygen atoms in total. The van der Waals surface area contributed by atoms with Crippen LogP contribution < -0.4 is 4.74 Å². The molecule has 164 valence electrons. The number of aromatic nitrogens is 5. The molecule has 0 radical (unpaired) electrons. The molecule has 0 spiro atoms. The van der Waals surface area contributed by atoms with Gasteiger partial charge in [-0.15, -0.1) is 10.2 Å². The summed E-state index contributed by atoms with van der Waals surface area (Å²) in [5, 5.41) is 13.8. The molecular weight excluding hydrogens is 405 g/mol. The fourth-order valence-electron chi connectivity index (χ4n) is 4.50. The summed E-state index contributed by atoms with van der Waals surface area (Å²) in [6.07, 6.45) is 7.98. The number of hydrogen-bond donors (Lipinski definition) is 0. The van der Waals surface area contributed by atoms with Gasteiger partial charge in [0.15, 0.2) is 0 Å². The van der Waals surface area contributed by atoms with Crippen LogP contribution in [-0.4, -0.2) is 37.7 Å². The summed E-state index contributed by atoms with van der Waals surface area (Å²) in [5.74, 6) is 0.482. The molecule has 0 unspecified atom stereocenters. The van der Waals surface area contributed by atoms with Gasteiger partial charge in [0, 0.05) is 40.0 Å². The highest BCUT2D eigenvalue weighted by Crippen LogP contribution is 2.35. The molecule has 1 fully saturated rings. The van der Waals surface area contributed by atoms with Crippen molar-refractivity contribution in [3.8, 4) is 28.3 Å². The van der Waals surface area contributed by atoms with Crippen molar-refractivity contribution in [2.45, 2.75) is 51.2 Å². The van der Waals surface area contributed by atoms with Crippen LogP contribution in [0.4, 0.5) is 4.39 Å². The molecule has 1 saturated carbocycles. The second-order valence-corrected chi connectivity index (χ2v) is 8.65. The number of fused-ring (bicyclic) bond motifs is 1. The van der Waals surface area contributed by atoms with Crippen LogP contribution in [0.5, 0.6) is 5.88 Å². The summed E-state index contributed by atoms with van der Waals surface area (Å²) in [6, 6.07) is 11.9. The van der Waals surface area contributed by atoms with Crippen LogP contribution >= 0.6 is 0 Å². The summed E-state index contributed by atoms with van der Waals surface area (Å²) in [5.41, 5.74) is 4.20. The second kappa shape index (κ2) is 8.30. The third kappa shape index (κ3) is 4.07. The minimum atomic E-state index is -1.16. The topological polar surface area (TPSA) is 65.7 Å². The van der Waals surface area contributed by atoms with Crippen LogP contribution in [0, 0.1) is 6.92 Å². The largest absolute Gasteiger partial charge is 0.480 e. The molecule has 1 aromatic carbocycles. The van der Waals surface area contributed by atoms with Gasteiger partial charge >= 0.3 is 0 Å². The maximum Gasteiger partial charge on any atom is 0.233 e. The number of pyridine rings is 1. The highest BCUT2D eigenvalue weighted by atomic mass is 19.1. The minimum absolute atomic E-state index is 0.301. The van der Waals surface area contributed by atoms with Crippen molar-refractivity contribution in [1.29, 1.82) is 0 Å². The van der Waals surface area contributed by atoms with Crippen LogP contribution in [0.25, 0.3) is 33.3 Å². The lowest BCUT2D eigenvalue weighted by molar-refractivity contribution is 0.0815. The molecule has 0 saturated heterocycles. The molecule has 1 aliphatic carbocycles. The Morgan fingerprint density at radius 3 is 2.69 bits per heavy atom. The minimum Gasteiger partial charge on any atom is -0.480 e. The van der Waals surface area contributed by atoms with Crippen LogP contribution in [-0.2, 0) is 6.54 Å². The predicted octanol–water partition coefficient (Wildman–Crippen LogP) is 5.54. The number of alkyl halides is 1. The average molecular weight is 432 g/mol. The van der Waals surface area contributed by atoms with Gasteiger partial charge in [0.2, 0.25) is 5.88 Å². The van der Waals surface area contributed by atoms with E-state index in [1.54, 1.807) is 18.0 Å². The zero-order valence-electron chi connectivity index (χ0n) is 18.4. The lowest BCUT2D eigenvalue weighted by atomic mass is 9.86. The van der Waals surface area contributed by atoms with Crippen molar-refractivity contribution in [1.82, 2.24) is 25.0 Å². The third-order valence-corrected chi connectivity index (χ3v) is 6.22. The zero-order valence-corrected chi connectivity index (χ0v) is 18.4. The fourth-order valence-corrected chi connectivity index (χ4v) is 4.50. The maximum atomic E-state index is 15.2. The first-order chi connectivity index (χ1) is 15.5. The number of aryl methyl sites for hydroxylation is 1. The van der Waals surface area contributed by atoms with E-state index in [9.17, 15) is 0 Å². The van der Waals surface area contributed by atoms with Gasteiger partial charge in [-0.25, -0.2) is 4.39 Å². The fraction of sp³-hybridized carbons (Fsp3) is 0.360. The van der Waals surface area contributed by atoms with E-state index in [2.05, 4.69) is 21.4 Å². The number of benzene rings is 1. The number of rotatable bonds is 5. The summed E-state index contributed by atoms with van der Waals surface area (Å²) in [6.45, 7) is 2.27. The summed E-state index contributed by atoms with van der Waals surface area (Å²) >= 11 is 0. The van der Waals surface area contributed by atoms with E-state index in [0.29, 0.717) is 25.3 Å². The van der Waals surface area contributed by atoms with Gasteiger partial charge < -0.3 is 4.74 Å². The first kappa shape index (κ1) is 20.5. The molecular formula is C25H26FN5O. The Kier molecular flexibility index (Phi) is 5.33. The van der Waals surface area contributed by atoms with Crippen molar-refractivity contribution >= 4 is 10.9 Å². The molecule has 5 rings (SSSR count). The van der Waals surface area contributed by atoms with E-state index in [1.165, 1.54) is 0 Å². The monoisotopic (exact) mass is 431 g/mol. The molecule has 0 bridgehead atoms. The third-order valence-electron chi connectivity index (χ3n) is 6.22. The number of nitrogens with zero attached hydrogens (tertiary/aromatic N) is 5. The van der Waals surface area contributed by atoms with E-state index in [0.717, 1.165) is 58.2 Å². The Hall–Kier alpha value is -3.35. The van der Waals surface area contributed by atoms with Crippen molar-refractivity contribution in [2.75, 3.05) is 7.11 Å². The van der Waals surface area contributed by atoms with Crippen molar-refractivity contribution in [3.63, 3.8) is 0 Å². The highest BCUT2D eigenvalue weighted by Gasteiger charge is 2.32. The zero-order chi connectivity index (χ0) is 22.1. The Morgan fingerprint density at radius 1 is 1.03 bits per heavy atom. The average Bonchev–Trinajstić information content (AvgIpc) is 3.26. The highest BCUT2D eigenvalue weighted by molar-refractivity contribution is 5.88. The van der Waals surface area contributed by atoms with Gasteiger partial charge in [-0.1, -0.05) is 37.5 Å². The van der Waals surface area contributed by atoms with Gasteiger partial charge in [-0.2, -0.15) is 5.10 Å². The van der Waals surface area contributed by atoms with Crippen LogP contribution in [0.1, 0.15) is 37.8 Å². The van der Waals surface area contributed by atoms with E-state index in [-0.39, 0.29) is 0 Å². The smallest absolute Gasteiger partial charge is 0.233 e. The molecule has 1 aliphatic rings. The van der Waals surface area contributed by atoms with Crippen LogP contribution in [0.2, 0.25) is 0 Å². The van der Waals surface area contributed by atoms with E-state index >= 15 is 4.39 Å². The van der Waals surface area contributed by atoms with E-state index < -0.39 is 5.67 Å². The Bertz CT molecular complexity index is 1260. The molecule has 0 atom stereocenters. The van der Waals surface area contributed by atoms with E-state index in [1.807, 2.05) is 43.5 Å². The number of halogens is 1. The molecule has 0 aliphatic heterocycles. The summed E-state index contributed by atoms with van der Waals surface area (Å²) in [7, 11) is 1.58. The number of methoxy groups -OCH3 is 1. The lowest BCUT2D eigenvalue weighted by Crippen LogP contribution is -2.31. The Labute approximate surface area is 186 Å². The van der Waals surface area contributed by atoms with Crippen LogP contribution in [0.3, 0.4) is 0 Å². The predicted molar refractivity (Wildman–Crippen MR) is 122 cm³/mol. The van der Waals surface area contributed by atoms with Gasteiger partial charge in [0.05, 0.1) is 31.1 Å². The van der Waals surface area contributed by atoms with Gasteiger partial charge in [0.25, 0.3) is 0 Å². The second-order valence-electron chi connectivity index (χ2n) is 8.65. The quantitative estimate of drug-likeness (QED) is 0.415. The Balaban J connectivity index is 1.50. The molecule has 0 amide bonds. The van der Waals surface area contributed by atoms with Gasteiger partial charge in [-0.05, 0) is 31.9 Å². The maximum absolute atomic E-state index is 15.2. The van der Waals surface area contributed by atoms with Gasteiger partial charge in [0.1, 0.15) is 5.67 Å². The van der Waals surface area contributed by atoms with Crippen molar-refractivity contribution in [3.05, 3.63) is 54.5 Å². The first-order valence-electron chi connectivity index (χ1n) is 11.0.